The van der Waals surface area contributed by atoms with Crippen molar-refractivity contribution in [2.45, 2.75) is 253 Å². The number of ether oxygens (including phenoxy) is 10. The van der Waals surface area contributed by atoms with Crippen molar-refractivity contribution in [2.24, 2.45) is 0 Å². The molecule has 594 valence electrons. The van der Waals surface area contributed by atoms with Crippen LogP contribution in [0.3, 0.4) is 0 Å². The summed E-state index contributed by atoms with van der Waals surface area (Å²) in [5.41, 5.74) is 0. The van der Waals surface area contributed by atoms with Crippen molar-refractivity contribution in [1.82, 2.24) is 47.9 Å². The third-order valence-electron chi connectivity index (χ3n) is 17.3. The molecule has 38 nitrogen and oxygen atoms in total. The van der Waals surface area contributed by atoms with E-state index in [4.69, 9.17) is 47.4 Å². The van der Waals surface area contributed by atoms with Crippen LogP contribution in [0.15, 0.2) is 0 Å². The average Bonchev–Trinajstić information content (AvgIpc) is 1.66. The van der Waals surface area contributed by atoms with E-state index in [2.05, 4.69) is 47.9 Å². The monoisotopic (exact) mass is 1490 g/mol. The van der Waals surface area contributed by atoms with Gasteiger partial charge in [0.25, 0.3) is 0 Å². The van der Waals surface area contributed by atoms with Crippen molar-refractivity contribution in [1.29, 1.82) is 0 Å². The minimum Gasteiger partial charge on any atom is -0.394 e. The van der Waals surface area contributed by atoms with Gasteiger partial charge in [0, 0.05) is 79.1 Å². The molecule has 3 aliphatic heterocycles. The maximum atomic E-state index is 13.8. The Bertz CT molecular complexity index is 2520. The molecule has 3 saturated heterocycles. The summed E-state index contributed by atoms with van der Waals surface area (Å²) in [7, 11) is 0. The van der Waals surface area contributed by atoms with E-state index in [1.165, 1.54) is 20.8 Å². The fourth-order valence-corrected chi connectivity index (χ4v) is 12.0. The first-order valence-electron chi connectivity index (χ1n) is 35.6. The highest BCUT2D eigenvalue weighted by Crippen LogP contribution is 2.26. The molecule has 19 unspecified atom stereocenters. The molecule has 9 amide bonds. The maximum Gasteiger partial charge on any atom is 0.242 e. The Kier molecular flexibility index (Phi) is 43.7. The summed E-state index contributed by atoms with van der Waals surface area (Å²) in [5.74, 6) is -4.86. The summed E-state index contributed by atoms with van der Waals surface area (Å²) in [4.78, 5) is 116. The summed E-state index contributed by atoms with van der Waals surface area (Å²) in [6.45, 7) is 2.82. The van der Waals surface area contributed by atoms with E-state index in [0.717, 1.165) is 32.1 Å². The Labute approximate surface area is 599 Å². The lowest BCUT2D eigenvalue weighted by Gasteiger charge is -2.42. The lowest BCUT2D eigenvalue weighted by atomic mass is 9.97. The molecule has 38 heteroatoms. The molecule has 0 bridgehead atoms. The zero-order chi connectivity index (χ0) is 75.8. The third kappa shape index (κ3) is 33.4. The normalized spacial score (nSPS) is 28.3. The van der Waals surface area contributed by atoms with E-state index in [9.17, 15) is 94.2 Å². The highest BCUT2D eigenvalue weighted by atomic mass is 16.7. The third-order valence-corrected chi connectivity index (χ3v) is 17.3. The number of carbonyl (C=O) groups excluding carboxylic acids is 9. The number of nitrogens with one attached hydrogen (secondary N) is 9. The first-order chi connectivity index (χ1) is 49.3. The standard InChI is InChI=1S/C65H115N9O29/c1-5-97-44-33-40(81)32-43(44)74-50(84)15-13-11-9-7-6-8-10-12-14-49(83)72-42(62(93)68-22-25-96-28-31-100-65-54(71-39(4)80)60(91)57(88)47(36-77)103-65)17-19-51(85)73-41(61(92)67-21-24-95-27-30-99-64-53(70-38(3)79)59(90)56(87)46(35-76)102-64)16-18-48(82)66-20-23-94-26-29-98-63-52(69-37(2)78)58(89)55(86)45(34-75)101-63/h40-47,52-60,63-65,75-77,81,86-91H,5-36H2,1-4H3,(H,66,82)(H,67,92)(H,68,93)(H,69,78)(H,70,79)(H,71,80)(H,72,83)(H,73,85)(H,74,84)/t40?,41?,42?,43?,44?,45?,46?,47-,52?,53?,54?,55?,56?,57?,58?,59?,60?,63?,64?,65?/m1/s1. The summed E-state index contributed by atoms with van der Waals surface area (Å²) >= 11 is 0. The second-order valence-corrected chi connectivity index (χ2v) is 25.6. The van der Waals surface area contributed by atoms with E-state index in [1.807, 2.05) is 6.92 Å². The van der Waals surface area contributed by atoms with E-state index in [-0.39, 0.29) is 123 Å². The molecule has 4 rings (SSSR count). The first kappa shape index (κ1) is 89.8. The van der Waals surface area contributed by atoms with Crippen LogP contribution in [-0.2, 0) is 90.5 Å². The smallest absolute Gasteiger partial charge is 0.242 e. The quantitative estimate of drug-likeness (QED) is 0.0252. The van der Waals surface area contributed by atoms with Crippen LogP contribution in [0.25, 0.3) is 0 Å². The molecule has 0 aromatic heterocycles. The van der Waals surface area contributed by atoms with E-state index < -0.39 is 184 Å². The van der Waals surface area contributed by atoms with Crippen molar-refractivity contribution in [3.63, 3.8) is 0 Å². The second-order valence-electron chi connectivity index (χ2n) is 25.6. The number of hydrogen-bond acceptors (Lipinski definition) is 29. The molecular weight excluding hydrogens is 1370 g/mol. The van der Waals surface area contributed by atoms with Crippen LogP contribution in [0.5, 0.6) is 0 Å². The molecule has 4 aliphatic rings. The van der Waals surface area contributed by atoms with E-state index >= 15 is 0 Å². The lowest BCUT2D eigenvalue weighted by molar-refractivity contribution is -0.272. The SMILES string of the molecule is CCOC1CC(O)CC1NC(=O)CCCCCCCCCCC(=O)NC(CCC(=O)NC(CCC(=O)NCCOCCOC1OC(CO)C(O)C(O)C1NC(C)=O)C(=O)NCCOCCOC1OC(CO)C(O)C(O)C1NC(C)=O)C(=O)NCCOCCOC1O[C@H](CO)C(O)C(O)C1NC(C)=O. The molecule has 103 heavy (non-hydrogen) atoms. The van der Waals surface area contributed by atoms with Gasteiger partial charge in [0.15, 0.2) is 18.9 Å². The number of aliphatic hydroxyl groups excluding tert-OH is 10. The van der Waals surface area contributed by atoms with Crippen molar-refractivity contribution < 1.29 is 142 Å². The fourth-order valence-electron chi connectivity index (χ4n) is 12.0. The van der Waals surface area contributed by atoms with Gasteiger partial charge in [0.1, 0.15) is 85.1 Å². The number of unbranched alkanes of at least 4 members (excludes halogenated alkanes) is 7. The molecular formula is C65H115N9O29. The van der Waals surface area contributed by atoms with Crippen molar-refractivity contribution >= 4 is 53.2 Å². The van der Waals surface area contributed by atoms with Crippen molar-refractivity contribution in [3.8, 4) is 0 Å². The molecule has 0 aromatic carbocycles. The highest BCUT2D eigenvalue weighted by Gasteiger charge is 2.48. The summed E-state index contributed by atoms with van der Waals surface area (Å²) in [6, 6.07) is -6.36. The van der Waals surface area contributed by atoms with Gasteiger partial charge < -0.3 is 146 Å². The number of amides is 9. The first-order valence-corrected chi connectivity index (χ1v) is 35.6. The van der Waals surface area contributed by atoms with Crippen LogP contribution >= 0.6 is 0 Å². The summed E-state index contributed by atoms with van der Waals surface area (Å²) < 4.78 is 56.1. The zero-order valence-corrected chi connectivity index (χ0v) is 59.4. The Morgan fingerprint density at radius 2 is 0.748 bits per heavy atom. The molecule has 0 aromatic rings. The van der Waals surface area contributed by atoms with Crippen LogP contribution in [-0.4, -0.2) is 332 Å². The van der Waals surface area contributed by atoms with Gasteiger partial charge in [0.2, 0.25) is 53.2 Å². The number of rotatable bonds is 51. The molecule has 0 spiro atoms. The second kappa shape index (κ2) is 50.1. The molecule has 1 aliphatic carbocycles. The van der Waals surface area contributed by atoms with Gasteiger partial charge in [-0.2, -0.15) is 0 Å². The minimum atomic E-state index is -1.54. The number of carbonyl (C=O) groups is 9. The predicted molar refractivity (Wildman–Crippen MR) is 357 cm³/mol. The zero-order valence-electron chi connectivity index (χ0n) is 59.4. The lowest BCUT2D eigenvalue weighted by Crippen LogP contribution is -2.64. The Morgan fingerprint density at radius 1 is 0.398 bits per heavy atom. The van der Waals surface area contributed by atoms with Gasteiger partial charge in [-0.05, 0) is 39.0 Å². The van der Waals surface area contributed by atoms with Gasteiger partial charge in [-0.3, -0.25) is 43.2 Å². The Morgan fingerprint density at radius 3 is 1.12 bits per heavy atom. The number of hydrogen-bond donors (Lipinski definition) is 19. The summed E-state index contributed by atoms with van der Waals surface area (Å²) in [6.07, 6.45) is -10.8. The van der Waals surface area contributed by atoms with Crippen LogP contribution in [0.4, 0.5) is 0 Å². The Balaban J connectivity index is 1.33. The van der Waals surface area contributed by atoms with Crippen LogP contribution in [0, 0.1) is 0 Å². The largest absolute Gasteiger partial charge is 0.394 e. The van der Waals surface area contributed by atoms with Crippen molar-refractivity contribution in [3.05, 3.63) is 0 Å². The van der Waals surface area contributed by atoms with Gasteiger partial charge in [-0.1, -0.05) is 38.5 Å². The van der Waals surface area contributed by atoms with Gasteiger partial charge in [0.05, 0.1) is 97.5 Å². The molecule has 19 N–H and O–H groups in total. The van der Waals surface area contributed by atoms with Crippen LogP contribution in [0.2, 0.25) is 0 Å². The molecule has 1 saturated carbocycles. The summed E-state index contributed by atoms with van der Waals surface area (Å²) in [5, 5.41) is 125. The Hall–Kier alpha value is -5.57. The van der Waals surface area contributed by atoms with Crippen LogP contribution < -0.4 is 47.9 Å². The highest BCUT2D eigenvalue weighted by molar-refractivity contribution is 5.90. The number of aliphatic hydroxyl groups is 10. The predicted octanol–water partition coefficient (Wildman–Crippen LogP) is -7.26. The molecule has 3 heterocycles. The maximum absolute atomic E-state index is 13.8. The average molecular weight is 1490 g/mol. The fraction of sp³-hybridized carbons (Fsp3) is 0.862. The van der Waals surface area contributed by atoms with Gasteiger partial charge in [-0.25, -0.2) is 0 Å². The van der Waals surface area contributed by atoms with E-state index in [1.54, 1.807) is 0 Å². The van der Waals surface area contributed by atoms with Crippen LogP contribution in [0.1, 0.15) is 130 Å². The molecule has 4 fully saturated rings. The van der Waals surface area contributed by atoms with Gasteiger partial charge in [-0.15, -0.1) is 0 Å². The minimum absolute atomic E-state index is 0.0203. The molecule has 0 radical (unpaired) electrons. The van der Waals surface area contributed by atoms with Gasteiger partial charge >= 0.3 is 0 Å². The molecule has 20 atom stereocenters. The van der Waals surface area contributed by atoms with Crippen molar-refractivity contribution in [2.75, 3.05) is 106 Å². The van der Waals surface area contributed by atoms with E-state index in [0.29, 0.717) is 45.1 Å². The topological polar surface area (TPSA) is 556 Å².